The second-order valence-electron chi connectivity index (χ2n) is 5.43. The Kier molecular flexibility index (Phi) is 3.97. The predicted octanol–water partition coefficient (Wildman–Crippen LogP) is 4.33. The fourth-order valence-electron chi connectivity index (χ4n) is 2.89. The molecule has 0 fully saturated rings. The Hall–Kier alpha value is -1.81. The summed E-state index contributed by atoms with van der Waals surface area (Å²) in [6.07, 6.45) is 3.45. The average molecular weight is 301 g/mol. The van der Waals surface area contributed by atoms with Gasteiger partial charge in [0.25, 0.3) is 0 Å². The number of carbonyl (C=O) groups is 1. The van der Waals surface area contributed by atoms with Crippen LogP contribution in [0.1, 0.15) is 45.2 Å². The summed E-state index contributed by atoms with van der Waals surface area (Å²) in [5.41, 5.74) is 3.90. The van der Waals surface area contributed by atoms with Crippen LogP contribution >= 0.6 is 11.3 Å². The maximum Gasteiger partial charge on any atom is 0.339 e. The highest BCUT2D eigenvalue weighted by Crippen LogP contribution is 2.36. The lowest BCUT2D eigenvalue weighted by atomic mass is 9.93. The molecule has 0 spiro atoms. The summed E-state index contributed by atoms with van der Waals surface area (Å²) in [5, 5.41) is 5.69. The first-order valence-corrected chi connectivity index (χ1v) is 8.09. The minimum atomic E-state index is -0.289. The van der Waals surface area contributed by atoms with Gasteiger partial charge < -0.3 is 10.1 Å². The molecule has 0 bridgehead atoms. The van der Waals surface area contributed by atoms with Crippen molar-refractivity contribution in [2.24, 2.45) is 0 Å². The van der Waals surface area contributed by atoms with Crippen LogP contribution in [0.15, 0.2) is 29.6 Å². The maximum atomic E-state index is 12.0. The van der Waals surface area contributed by atoms with E-state index in [9.17, 15) is 4.79 Å². The Morgan fingerprint density at radius 2 is 2.24 bits per heavy atom. The molecule has 0 aliphatic heterocycles. The van der Waals surface area contributed by atoms with Gasteiger partial charge in [0.05, 0.1) is 18.7 Å². The van der Waals surface area contributed by atoms with Gasteiger partial charge >= 0.3 is 5.97 Å². The van der Waals surface area contributed by atoms with Crippen LogP contribution in [0.4, 0.5) is 5.69 Å². The summed E-state index contributed by atoms with van der Waals surface area (Å²) in [7, 11) is 1.42. The molecule has 1 N–H and O–H groups in total. The van der Waals surface area contributed by atoms with Crippen LogP contribution in [-0.2, 0) is 11.2 Å². The van der Waals surface area contributed by atoms with Crippen LogP contribution in [0.2, 0.25) is 0 Å². The zero-order valence-corrected chi connectivity index (χ0v) is 13.1. The molecule has 110 valence electrons. The quantitative estimate of drug-likeness (QED) is 0.857. The van der Waals surface area contributed by atoms with Gasteiger partial charge in [0.1, 0.15) is 0 Å². The molecule has 0 saturated carbocycles. The number of carbonyl (C=O) groups excluding carboxylic acids is 1. The smallest absolute Gasteiger partial charge is 0.339 e. The van der Waals surface area contributed by atoms with Crippen molar-refractivity contribution < 1.29 is 9.53 Å². The summed E-state index contributed by atoms with van der Waals surface area (Å²) in [6, 6.07) is 8.36. The van der Waals surface area contributed by atoms with Crippen molar-refractivity contribution >= 4 is 23.0 Å². The first-order valence-electron chi connectivity index (χ1n) is 7.21. The van der Waals surface area contributed by atoms with E-state index in [-0.39, 0.29) is 12.0 Å². The average Bonchev–Trinajstić information content (AvgIpc) is 2.97. The fraction of sp³-hybridized carbons (Fsp3) is 0.353. The van der Waals surface area contributed by atoms with Crippen molar-refractivity contribution in [3.63, 3.8) is 0 Å². The third-order valence-corrected chi connectivity index (χ3v) is 4.96. The highest BCUT2D eigenvalue weighted by molar-refractivity contribution is 7.10. The van der Waals surface area contributed by atoms with Gasteiger partial charge in [0, 0.05) is 10.6 Å². The minimum Gasteiger partial charge on any atom is -0.465 e. The molecule has 1 unspecified atom stereocenters. The molecule has 0 saturated heterocycles. The van der Waals surface area contributed by atoms with Gasteiger partial charge in [-0.2, -0.15) is 0 Å². The molecule has 21 heavy (non-hydrogen) atoms. The standard InChI is InChI=1S/C17H19NO2S/c1-11-6-7-15(13(10-11)17(19)20-2)18-14-4-3-5-16-12(14)8-9-21-16/h6-10,14,18H,3-5H2,1-2H3. The minimum absolute atomic E-state index is 0.283. The van der Waals surface area contributed by atoms with Gasteiger partial charge in [-0.05, 0) is 55.3 Å². The SMILES string of the molecule is COC(=O)c1cc(C)ccc1NC1CCCc2sccc21. The first kappa shape index (κ1) is 14.1. The number of fused-ring (bicyclic) bond motifs is 1. The maximum absolute atomic E-state index is 12.0. The van der Waals surface area contributed by atoms with E-state index in [2.05, 4.69) is 16.8 Å². The van der Waals surface area contributed by atoms with Crippen LogP contribution in [0.25, 0.3) is 0 Å². The van der Waals surface area contributed by atoms with Crippen LogP contribution < -0.4 is 5.32 Å². The summed E-state index contributed by atoms with van der Waals surface area (Å²) in [4.78, 5) is 13.4. The number of esters is 1. The van der Waals surface area contributed by atoms with Crippen molar-refractivity contribution in [2.75, 3.05) is 12.4 Å². The molecule has 0 amide bonds. The molecule has 1 aliphatic carbocycles. The molecular formula is C17H19NO2S. The molecule has 2 aromatic rings. The van der Waals surface area contributed by atoms with Crippen molar-refractivity contribution in [1.82, 2.24) is 0 Å². The largest absolute Gasteiger partial charge is 0.465 e. The van der Waals surface area contributed by atoms with Gasteiger partial charge in [-0.15, -0.1) is 11.3 Å². The number of nitrogens with one attached hydrogen (secondary N) is 1. The third kappa shape index (κ3) is 2.81. The molecular weight excluding hydrogens is 282 g/mol. The van der Waals surface area contributed by atoms with Crippen LogP contribution in [0.5, 0.6) is 0 Å². The molecule has 3 nitrogen and oxygen atoms in total. The predicted molar refractivity (Wildman–Crippen MR) is 86.1 cm³/mol. The molecule has 0 radical (unpaired) electrons. The zero-order chi connectivity index (χ0) is 14.8. The number of ether oxygens (including phenoxy) is 1. The highest BCUT2D eigenvalue weighted by atomic mass is 32.1. The van der Waals surface area contributed by atoms with E-state index in [1.54, 1.807) is 0 Å². The number of anilines is 1. The summed E-state index contributed by atoms with van der Waals surface area (Å²) >= 11 is 1.83. The van der Waals surface area contributed by atoms with E-state index in [0.29, 0.717) is 5.56 Å². The topological polar surface area (TPSA) is 38.3 Å². The van der Waals surface area contributed by atoms with Crippen molar-refractivity contribution in [2.45, 2.75) is 32.2 Å². The molecule has 3 rings (SSSR count). The Morgan fingerprint density at radius 1 is 1.38 bits per heavy atom. The lowest BCUT2D eigenvalue weighted by Crippen LogP contribution is -2.17. The van der Waals surface area contributed by atoms with Crippen LogP contribution in [0, 0.1) is 6.92 Å². The van der Waals surface area contributed by atoms with Crippen LogP contribution in [0.3, 0.4) is 0 Å². The summed E-state index contributed by atoms with van der Waals surface area (Å²) in [6.45, 7) is 1.98. The first-order chi connectivity index (χ1) is 10.2. The second kappa shape index (κ2) is 5.90. The van der Waals surface area contributed by atoms with Crippen molar-refractivity contribution in [3.05, 3.63) is 51.2 Å². The molecule has 1 heterocycles. The van der Waals surface area contributed by atoms with E-state index < -0.39 is 0 Å². The molecule has 4 heteroatoms. The zero-order valence-electron chi connectivity index (χ0n) is 12.3. The number of aryl methyl sites for hydroxylation is 2. The molecule has 1 aromatic carbocycles. The Morgan fingerprint density at radius 3 is 3.05 bits per heavy atom. The second-order valence-corrected chi connectivity index (χ2v) is 6.43. The van der Waals surface area contributed by atoms with Crippen molar-refractivity contribution in [3.8, 4) is 0 Å². The Balaban J connectivity index is 1.91. The van der Waals surface area contributed by atoms with Gasteiger partial charge in [-0.25, -0.2) is 4.79 Å². The Bertz CT molecular complexity index is 663. The van der Waals surface area contributed by atoms with E-state index in [0.717, 1.165) is 17.7 Å². The lowest BCUT2D eigenvalue weighted by Gasteiger charge is -2.25. The summed E-state index contributed by atoms with van der Waals surface area (Å²) < 4.78 is 4.90. The van der Waals surface area contributed by atoms with E-state index >= 15 is 0 Å². The van der Waals surface area contributed by atoms with E-state index in [4.69, 9.17) is 4.74 Å². The number of thiophene rings is 1. The number of hydrogen-bond acceptors (Lipinski definition) is 4. The monoisotopic (exact) mass is 301 g/mol. The normalized spacial score (nSPS) is 17.1. The molecule has 1 aliphatic rings. The van der Waals surface area contributed by atoms with Gasteiger partial charge in [0.2, 0.25) is 0 Å². The number of methoxy groups -OCH3 is 1. The fourth-order valence-corrected chi connectivity index (χ4v) is 3.87. The van der Waals surface area contributed by atoms with Gasteiger partial charge in [-0.3, -0.25) is 0 Å². The van der Waals surface area contributed by atoms with Crippen LogP contribution in [-0.4, -0.2) is 13.1 Å². The molecule has 1 atom stereocenters. The third-order valence-electron chi connectivity index (χ3n) is 3.96. The number of benzene rings is 1. The van der Waals surface area contributed by atoms with E-state index in [1.165, 1.54) is 30.4 Å². The lowest BCUT2D eigenvalue weighted by molar-refractivity contribution is 0.0601. The van der Waals surface area contributed by atoms with Gasteiger partial charge in [-0.1, -0.05) is 11.6 Å². The van der Waals surface area contributed by atoms with Gasteiger partial charge in [0.15, 0.2) is 0 Å². The number of hydrogen-bond donors (Lipinski definition) is 1. The Labute approximate surface area is 129 Å². The number of rotatable bonds is 3. The highest BCUT2D eigenvalue weighted by Gasteiger charge is 2.23. The van der Waals surface area contributed by atoms with E-state index in [1.807, 2.05) is 36.5 Å². The molecule has 1 aromatic heterocycles. The van der Waals surface area contributed by atoms with Crippen molar-refractivity contribution in [1.29, 1.82) is 0 Å². The summed E-state index contributed by atoms with van der Waals surface area (Å²) in [5.74, 6) is -0.289.